The molecule has 0 spiro atoms. The molecule has 0 bridgehead atoms. The number of rotatable bonds is 2. The second-order valence-electron chi connectivity index (χ2n) is 6.09. The van der Waals surface area contributed by atoms with Crippen molar-refractivity contribution in [2.45, 2.75) is 39.3 Å². The molecule has 8 heteroatoms. The van der Waals surface area contributed by atoms with Crippen LogP contribution in [0.15, 0.2) is 6.33 Å². The maximum atomic E-state index is 11.4. The zero-order chi connectivity index (χ0) is 15.2. The van der Waals surface area contributed by atoms with Crippen molar-refractivity contribution in [3.05, 3.63) is 22.7 Å². The van der Waals surface area contributed by atoms with Crippen LogP contribution in [0, 0.1) is 0 Å². The minimum atomic E-state index is -0.913. The number of thiazole rings is 1. The fourth-order valence-corrected chi connectivity index (χ4v) is 3.47. The van der Waals surface area contributed by atoms with Crippen LogP contribution in [-0.4, -0.2) is 37.4 Å². The molecule has 21 heavy (non-hydrogen) atoms. The molecule has 0 saturated heterocycles. The van der Waals surface area contributed by atoms with Crippen molar-refractivity contribution in [1.29, 1.82) is 0 Å². The molecule has 0 amide bonds. The van der Waals surface area contributed by atoms with Crippen molar-refractivity contribution >= 4 is 22.4 Å². The highest BCUT2D eigenvalue weighted by molar-refractivity contribution is 7.17. The summed E-state index contributed by atoms with van der Waals surface area (Å²) in [5.41, 5.74) is 0.347. The van der Waals surface area contributed by atoms with Gasteiger partial charge < -0.3 is 14.6 Å². The monoisotopic (exact) mass is 307 g/mol. The largest absolute Gasteiger partial charge is 0.477 e. The van der Waals surface area contributed by atoms with Gasteiger partial charge in [-0.05, 0) is 0 Å². The summed E-state index contributed by atoms with van der Waals surface area (Å²) < 4.78 is 2.01. The number of fused-ring (bicyclic) bond motifs is 1. The van der Waals surface area contributed by atoms with E-state index in [2.05, 4.69) is 20.1 Å². The molecule has 0 atom stereocenters. The standard InChI is InChI=1S/C13H17N5O2S/c1-13(2,3)10-9(11(19)20)21-12(15-10)17-4-5-18-7-14-16-8(18)6-17/h7H,4-6H2,1-3H3,(H,19,20). The summed E-state index contributed by atoms with van der Waals surface area (Å²) in [6.45, 7) is 8.10. The van der Waals surface area contributed by atoms with Crippen LogP contribution in [0.3, 0.4) is 0 Å². The zero-order valence-corrected chi connectivity index (χ0v) is 13.0. The molecule has 1 aliphatic heterocycles. The molecule has 0 radical (unpaired) electrons. The van der Waals surface area contributed by atoms with E-state index < -0.39 is 5.97 Å². The van der Waals surface area contributed by atoms with Crippen LogP contribution in [0.4, 0.5) is 5.13 Å². The van der Waals surface area contributed by atoms with Gasteiger partial charge in [-0.25, -0.2) is 9.78 Å². The number of aromatic carboxylic acids is 1. The first-order valence-corrected chi connectivity index (χ1v) is 7.54. The zero-order valence-electron chi connectivity index (χ0n) is 12.2. The Morgan fingerprint density at radius 3 is 2.76 bits per heavy atom. The molecule has 0 fully saturated rings. The van der Waals surface area contributed by atoms with E-state index in [1.54, 1.807) is 6.33 Å². The Labute approximate surface area is 126 Å². The third-order valence-corrected chi connectivity index (χ3v) is 4.53. The van der Waals surface area contributed by atoms with Gasteiger partial charge in [0, 0.05) is 18.5 Å². The van der Waals surface area contributed by atoms with Gasteiger partial charge in [-0.15, -0.1) is 10.2 Å². The van der Waals surface area contributed by atoms with Crippen molar-refractivity contribution in [2.24, 2.45) is 0 Å². The van der Waals surface area contributed by atoms with E-state index in [0.29, 0.717) is 17.1 Å². The Morgan fingerprint density at radius 2 is 2.14 bits per heavy atom. The highest BCUT2D eigenvalue weighted by Gasteiger charge is 2.29. The molecule has 7 nitrogen and oxygen atoms in total. The highest BCUT2D eigenvalue weighted by atomic mass is 32.1. The summed E-state index contributed by atoms with van der Waals surface area (Å²) in [6.07, 6.45) is 1.72. The van der Waals surface area contributed by atoms with E-state index in [1.807, 2.05) is 25.3 Å². The van der Waals surface area contributed by atoms with E-state index in [0.717, 1.165) is 24.0 Å². The van der Waals surface area contributed by atoms with E-state index >= 15 is 0 Å². The van der Waals surface area contributed by atoms with Crippen LogP contribution in [0.2, 0.25) is 0 Å². The second-order valence-corrected chi connectivity index (χ2v) is 7.07. The number of anilines is 1. The SMILES string of the molecule is CC(C)(C)c1nc(N2CCn3cnnc3C2)sc1C(=O)O. The van der Waals surface area contributed by atoms with Gasteiger partial charge in [-0.3, -0.25) is 0 Å². The minimum Gasteiger partial charge on any atom is -0.477 e. The number of nitrogens with zero attached hydrogens (tertiary/aromatic N) is 5. The first-order valence-electron chi connectivity index (χ1n) is 6.72. The van der Waals surface area contributed by atoms with Crippen LogP contribution < -0.4 is 4.90 Å². The lowest BCUT2D eigenvalue weighted by atomic mass is 9.91. The smallest absolute Gasteiger partial charge is 0.347 e. The Balaban J connectivity index is 1.95. The molecular formula is C13H17N5O2S. The predicted molar refractivity (Wildman–Crippen MR) is 78.8 cm³/mol. The molecule has 0 saturated carbocycles. The molecule has 1 aliphatic rings. The number of aromatic nitrogens is 4. The van der Waals surface area contributed by atoms with E-state index in [4.69, 9.17) is 0 Å². The van der Waals surface area contributed by atoms with Crippen molar-refractivity contribution < 1.29 is 9.90 Å². The average Bonchev–Trinajstić information content (AvgIpc) is 3.03. The molecule has 2 aromatic rings. The first-order chi connectivity index (χ1) is 9.86. The van der Waals surface area contributed by atoms with E-state index in [9.17, 15) is 9.90 Å². The van der Waals surface area contributed by atoms with Gasteiger partial charge >= 0.3 is 5.97 Å². The van der Waals surface area contributed by atoms with Crippen molar-refractivity contribution in [2.75, 3.05) is 11.4 Å². The summed E-state index contributed by atoms with van der Waals surface area (Å²) >= 11 is 1.24. The molecule has 2 aromatic heterocycles. The Hall–Kier alpha value is -1.96. The Kier molecular flexibility index (Phi) is 3.20. The van der Waals surface area contributed by atoms with E-state index in [1.165, 1.54) is 11.3 Å². The number of carbonyl (C=O) groups is 1. The molecule has 0 aromatic carbocycles. The summed E-state index contributed by atoms with van der Waals surface area (Å²) in [5, 5.41) is 18.1. The van der Waals surface area contributed by atoms with Gasteiger partial charge in [0.2, 0.25) is 0 Å². The molecule has 112 valence electrons. The average molecular weight is 307 g/mol. The summed E-state index contributed by atoms with van der Waals surface area (Å²) in [5.74, 6) is -0.0329. The lowest BCUT2D eigenvalue weighted by molar-refractivity contribution is 0.0699. The van der Waals surface area contributed by atoms with Crippen LogP contribution in [0.1, 0.15) is 42.0 Å². The molecule has 0 aliphatic carbocycles. The Bertz CT molecular complexity index is 685. The molecule has 0 unspecified atom stereocenters. The lowest BCUT2D eigenvalue weighted by Gasteiger charge is -2.26. The van der Waals surface area contributed by atoms with Crippen molar-refractivity contribution in [3.63, 3.8) is 0 Å². The van der Waals surface area contributed by atoms with Crippen LogP contribution in [-0.2, 0) is 18.5 Å². The van der Waals surface area contributed by atoms with Gasteiger partial charge in [0.1, 0.15) is 11.2 Å². The number of carboxylic acids is 1. The first kappa shape index (κ1) is 14.0. The highest BCUT2D eigenvalue weighted by Crippen LogP contribution is 2.34. The van der Waals surface area contributed by atoms with Gasteiger partial charge in [-0.1, -0.05) is 32.1 Å². The summed E-state index contributed by atoms with van der Waals surface area (Å²) in [7, 11) is 0. The third-order valence-electron chi connectivity index (χ3n) is 3.43. The normalized spacial score (nSPS) is 15.1. The number of hydrogen-bond donors (Lipinski definition) is 1. The predicted octanol–water partition coefficient (Wildman–Crippen LogP) is 1.75. The summed E-state index contributed by atoms with van der Waals surface area (Å²) in [4.78, 5) is 18.4. The topological polar surface area (TPSA) is 84.1 Å². The van der Waals surface area contributed by atoms with Gasteiger partial charge in [-0.2, -0.15) is 0 Å². The van der Waals surface area contributed by atoms with Gasteiger partial charge in [0.05, 0.1) is 12.2 Å². The molecule has 3 rings (SSSR count). The van der Waals surface area contributed by atoms with Crippen molar-refractivity contribution in [1.82, 2.24) is 19.7 Å². The second kappa shape index (κ2) is 4.80. The van der Waals surface area contributed by atoms with E-state index in [-0.39, 0.29) is 5.41 Å². The van der Waals surface area contributed by atoms with Crippen LogP contribution >= 0.6 is 11.3 Å². The van der Waals surface area contributed by atoms with Gasteiger partial charge in [0.15, 0.2) is 11.0 Å². The summed E-state index contributed by atoms with van der Waals surface area (Å²) in [6, 6.07) is 0. The quantitative estimate of drug-likeness (QED) is 0.910. The molecular weight excluding hydrogens is 290 g/mol. The van der Waals surface area contributed by atoms with Gasteiger partial charge in [0.25, 0.3) is 0 Å². The maximum absolute atomic E-state index is 11.4. The fourth-order valence-electron chi connectivity index (χ4n) is 2.33. The van der Waals surface area contributed by atoms with Crippen LogP contribution in [0.25, 0.3) is 0 Å². The number of carboxylic acid groups (broad SMARTS) is 1. The van der Waals surface area contributed by atoms with Crippen LogP contribution in [0.5, 0.6) is 0 Å². The number of hydrogen-bond acceptors (Lipinski definition) is 6. The lowest BCUT2D eigenvalue weighted by Crippen LogP contribution is -2.33. The minimum absolute atomic E-state index is 0.293. The third kappa shape index (κ3) is 2.51. The Morgan fingerprint density at radius 1 is 1.38 bits per heavy atom. The fraction of sp³-hybridized carbons (Fsp3) is 0.538. The molecule has 3 heterocycles. The van der Waals surface area contributed by atoms with Crippen molar-refractivity contribution in [3.8, 4) is 0 Å². The maximum Gasteiger partial charge on any atom is 0.347 e. The molecule has 1 N–H and O–H groups in total.